The highest BCUT2D eigenvalue weighted by atomic mass is 16.7. The van der Waals surface area contributed by atoms with E-state index in [4.69, 9.17) is 14.2 Å². The fourth-order valence-electron chi connectivity index (χ4n) is 3.43. The number of carbonyl (C=O) groups excluding carboxylic acids is 1. The number of ether oxygens (including phenoxy) is 3. The van der Waals surface area contributed by atoms with Gasteiger partial charge in [-0.15, -0.1) is 0 Å². The number of anilines is 1. The van der Waals surface area contributed by atoms with Crippen molar-refractivity contribution in [2.75, 3.05) is 44.5 Å². The van der Waals surface area contributed by atoms with Crippen LogP contribution in [0.2, 0.25) is 0 Å². The maximum Gasteiger partial charge on any atom is 0.317 e. The first-order chi connectivity index (χ1) is 13.7. The molecule has 2 aliphatic rings. The molecule has 1 fully saturated rings. The van der Waals surface area contributed by atoms with E-state index in [1.54, 1.807) is 0 Å². The quantitative estimate of drug-likeness (QED) is 0.860. The number of piperazine rings is 1. The van der Waals surface area contributed by atoms with E-state index in [9.17, 15) is 4.79 Å². The summed E-state index contributed by atoms with van der Waals surface area (Å²) < 4.78 is 16.2. The van der Waals surface area contributed by atoms with Crippen molar-refractivity contribution >= 4 is 11.7 Å². The summed E-state index contributed by atoms with van der Waals surface area (Å²) in [6.07, 6.45) is 0. The highest BCUT2D eigenvalue weighted by Crippen LogP contribution is 2.32. The van der Waals surface area contributed by atoms with E-state index >= 15 is 0 Å². The van der Waals surface area contributed by atoms with Crippen LogP contribution in [0.4, 0.5) is 10.5 Å². The molecule has 4 rings (SSSR count). The summed E-state index contributed by atoms with van der Waals surface area (Å²) in [6.45, 7) is 6.37. The van der Waals surface area contributed by atoms with Crippen molar-refractivity contribution in [3.63, 3.8) is 0 Å². The van der Waals surface area contributed by atoms with Crippen LogP contribution in [0.5, 0.6) is 17.2 Å². The van der Waals surface area contributed by atoms with Crippen LogP contribution in [0.25, 0.3) is 0 Å². The van der Waals surface area contributed by atoms with Gasteiger partial charge in [0, 0.05) is 38.4 Å². The van der Waals surface area contributed by atoms with Crippen molar-refractivity contribution in [1.29, 1.82) is 0 Å². The minimum atomic E-state index is -0.0380. The predicted octanol–water partition coefficient (Wildman–Crippen LogP) is 2.85. The van der Waals surface area contributed by atoms with Gasteiger partial charge in [-0.2, -0.15) is 0 Å². The Morgan fingerprint density at radius 3 is 2.54 bits per heavy atom. The first-order valence-corrected chi connectivity index (χ1v) is 9.62. The van der Waals surface area contributed by atoms with Gasteiger partial charge in [-0.1, -0.05) is 6.07 Å². The predicted molar refractivity (Wildman–Crippen MR) is 106 cm³/mol. The number of hydrogen-bond donors (Lipinski definition) is 1. The van der Waals surface area contributed by atoms with Crippen molar-refractivity contribution in [3.05, 3.63) is 48.0 Å². The highest BCUT2D eigenvalue weighted by molar-refractivity contribution is 5.74. The second-order valence-corrected chi connectivity index (χ2v) is 6.75. The smallest absolute Gasteiger partial charge is 0.317 e. The van der Waals surface area contributed by atoms with Gasteiger partial charge in [0.15, 0.2) is 11.5 Å². The third-order valence-electron chi connectivity index (χ3n) is 4.96. The zero-order valence-electron chi connectivity index (χ0n) is 16.0. The van der Waals surface area contributed by atoms with Crippen molar-refractivity contribution in [1.82, 2.24) is 10.2 Å². The lowest BCUT2D eigenvalue weighted by Gasteiger charge is -2.36. The van der Waals surface area contributed by atoms with Gasteiger partial charge in [-0.05, 0) is 48.9 Å². The van der Waals surface area contributed by atoms with Crippen LogP contribution in [0.15, 0.2) is 42.5 Å². The van der Waals surface area contributed by atoms with Crippen LogP contribution in [0.1, 0.15) is 12.5 Å². The first-order valence-electron chi connectivity index (χ1n) is 9.62. The molecule has 7 nitrogen and oxygen atoms in total. The number of nitrogens with zero attached hydrogens (tertiary/aromatic N) is 2. The van der Waals surface area contributed by atoms with Crippen LogP contribution in [-0.4, -0.2) is 50.5 Å². The van der Waals surface area contributed by atoms with E-state index in [1.165, 1.54) is 0 Å². The van der Waals surface area contributed by atoms with E-state index in [1.807, 2.05) is 42.2 Å². The molecule has 148 valence electrons. The number of fused-ring (bicyclic) bond motifs is 1. The largest absolute Gasteiger partial charge is 0.494 e. The topological polar surface area (TPSA) is 63.3 Å². The molecule has 0 aromatic heterocycles. The monoisotopic (exact) mass is 383 g/mol. The van der Waals surface area contributed by atoms with Crippen molar-refractivity contribution < 1.29 is 19.0 Å². The number of nitrogens with one attached hydrogen (secondary N) is 1. The van der Waals surface area contributed by atoms with Crippen LogP contribution in [-0.2, 0) is 6.54 Å². The summed E-state index contributed by atoms with van der Waals surface area (Å²) in [5.74, 6) is 2.36. The Kier molecular flexibility index (Phi) is 5.41. The number of carbonyl (C=O) groups is 1. The zero-order valence-corrected chi connectivity index (χ0v) is 16.0. The third-order valence-corrected chi connectivity index (χ3v) is 4.96. The van der Waals surface area contributed by atoms with Gasteiger partial charge in [0.1, 0.15) is 5.75 Å². The Labute approximate surface area is 164 Å². The number of hydrogen-bond acceptors (Lipinski definition) is 5. The van der Waals surface area contributed by atoms with E-state index in [-0.39, 0.29) is 12.8 Å². The van der Waals surface area contributed by atoms with E-state index < -0.39 is 0 Å². The lowest BCUT2D eigenvalue weighted by atomic mass is 10.2. The summed E-state index contributed by atoms with van der Waals surface area (Å²) in [5, 5.41) is 2.99. The van der Waals surface area contributed by atoms with E-state index in [0.29, 0.717) is 26.2 Å². The molecule has 28 heavy (non-hydrogen) atoms. The van der Waals surface area contributed by atoms with Gasteiger partial charge in [-0.25, -0.2) is 4.79 Å². The molecule has 0 spiro atoms. The van der Waals surface area contributed by atoms with Gasteiger partial charge >= 0.3 is 6.03 Å². The number of benzene rings is 2. The summed E-state index contributed by atoms with van der Waals surface area (Å²) in [7, 11) is 0. The highest BCUT2D eigenvalue weighted by Gasteiger charge is 2.21. The lowest BCUT2D eigenvalue weighted by Crippen LogP contribution is -2.51. The van der Waals surface area contributed by atoms with E-state index in [2.05, 4.69) is 22.3 Å². The molecule has 2 aromatic carbocycles. The molecule has 0 aliphatic carbocycles. The average Bonchev–Trinajstić information content (AvgIpc) is 3.21. The number of amides is 2. The summed E-state index contributed by atoms with van der Waals surface area (Å²) in [6, 6.07) is 13.8. The molecule has 2 amide bonds. The first kappa shape index (κ1) is 18.3. The van der Waals surface area contributed by atoms with Crippen LogP contribution in [0.3, 0.4) is 0 Å². The second-order valence-electron chi connectivity index (χ2n) is 6.75. The molecule has 0 bridgehead atoms. The molecule has 2 aromatic rings. The fourth-order valence-corrected chi connectivity index (χ4v) is 3.43. The maximum absolute atomic E-state index is 12.5. The van der Waals surface area contributed by atoms with Crippen molar-refractivity contribution in [2.24, 2.45) is 0 Å². The molecule has 0 unspecified atom stereocenters. The SMILES string of the molecule is CCOc1ccc(N2CCN(C(=O)NCc3ccc4c(c3)OCO4)CC2)cc1. The second kappa shape index (κ2) is 8.29. The Bertz CT molecular complexity index is 817. The van der Waals surface area contributed by atoms with Gasteiger partial charge < -0.3 is 29.3 Å². The Balaban J connectivity index is 1.25. The van der Waals surface area contributed by atoms with Gasteiger partial charge in [0.25, 0.3) is 0 Å². The summed E-state index contributed by atoms with van der Waals surface area (Å²) in [5.41, 5.74) is 2.15. The van der Waals surface area contributed by atoms with Crippen molar-refractivity contribution in [2.45, 2.75) is 13.5 Å². The average molecular weight is 383 g/mol. The van der Waals surface area contributed by atoms with Crippen LogP contribution < -0.4 is 24.4 Å². The minimum absolute atomic E-state index is 0.0380. The van der Waals surface area contributed by atoms with Crippen LogP contribution >= 0.6 is 0 Å². The molecule has 0 radical (unpaired) electrons. The van der Waals surface area contributed by atoms with Gasteiger partial charge in [-0.3, -0.25) is 0 Å². The summed E-state index contributed by atoms with van der Waals surface area (Å²) in [4.78, 5) is 16.6. The molecule has 2 heterocycles. The molecule has 0 atom stereocenters. The molecule has 1 saturated heterocycles. The fraction of sp³-hybridized carbons (Fsp3) is 0.381. The molecule has 1 N–H and O–H groups in total. The number of rotatable bonds is 5. The Morgan fingerprint density at radius 2 is 1.79 bits per heavy atom. The molecule has 0 saturated carbocycles. The van der Waals surface area contributed by atoms with Gasteiger partial charge in [0.05, 0.1) is 6.61 Å². The lowest BCUT2D eigenvalue weighted by molar-refractivity contribution is 0.174. The number of urea groups is 1. The van der Waals surface area contributed by atoms with Crippen LogP contribution in [0, 0.1) is 0 Å². The maximum atomic E-state index is 12.5. The molecular formula is C21H25N3O4. The van der Waals surface area contributed by atoms with Crippen molar-refractivity contribution in [3.8, 4) is 17.2 Å². The Morgan fingerprint density at radius 1 is 1.04 bits per heavy atom. The third kappa shape index (κ3) is 4.08. The standard InChI is InChI=1S/C21H25N3O4/c1-2-26-18-6-4-17(5-7-18)23-9-11-24(12-10-23)21(25)22-14-16-3-8-19-20(13-16)28-15-27-19/h3-8,13H,2,9-12,14-15H2,1H3,(H,22,25). The summed E-state index contributed by atoms with van der Waals surface area (Å²) >= 11 is 0. The van der Waals surface area contributed by atoms with Gasteiger partial charge in [0.2, 0.25) is 6.79 Å². The van der Waals surface area contributed by atoms with E-state index in [0.717, 1.165) is 41.6 Å². The molecule has 2 aliphatic heterocycles. The Hall–Kier alpha value is -3.09. The minimum Gasteiger partial charge on any atom is -0.494 e. The zero-order chi connectivity index (χ0) is 19.3. The molecule has 7 heteroatoms. The molecular weight excluding hydrogens is 358 g/mol. The normalized spacial score (nSPS) is 15.5.